The maximum atomic E-state index is 12.4. The molecule has 1 saturated heterocycles. The monoisotopic (exact) mass is 330 g/mol. The van der Waals surface area contributed by atoms with Crippen LogP contribution in [-0.2, 0) is 9.53 Å². The molecule has 0 aromatic heterocycles. The van der Waals surface area contributed by atoms with Crippen LogP contribution in [-0.4, -0.2) is 40.2 Å². The Morgan fingerprint density at radius 1 is 1.23 bits per heavy atom. The second-order valence-electron chi connectivity index (χ2n) is 8.19. The van der Waals surface area contributed by atoms with Gasteiger partial charge in [0, 0.05) is 16.5 Å². The van der Waals surface area contributed by atoms with Crippen LogP contribution < -0.4 is 10.6 Å². The number of thioether (sulfide) groups is 1. The Bertz CT molecular complexity index is 425. The molecule has 0 spiro atoms. The molecule has 1 unspecified atom stereocenters. The van der Waals surface area contributed by atoms with E-state index in [2.05, 4.69) is 38.3 Å². The third kappa shape index (κ3) is 5.07. The minimum Gasteiger partial charge on any atom is -0.444 e. The molecule has 22 heavy (non-hydrogen) atoms. The number of hydrogen-bond acceptors (Lipinski definition) is 4. The Morgan fingerprint density at radius 3 is 2.18 bits per heavy atom. The molecule has 1 aliphatic heterocycles. The fraction of sp³-hybridized carbons (Fsp3) is 0.875. The van der Waals surface area contributed by atoms with E-state index in [0.717, 1.165) is 5.75 Å². The molecule has 0 bridgehead atoms. The first-order chi connectivity index (χ1) is 9.74. The van der Waals surface area contributed by atoms with Crippen LogP contribution in [0.3, 0.4) is 0 Å². The average molecular weight is 330 g/mol. The molecule has 2 atom stereocenters. The predicted molar refractivity (Wildman–Crippen MR) is 91.1 cm³/mol. The van der Waals surface area contributed by atoms with Gasteiger partial charge in [0.05, 0.1) is 0 Å². The predicted octanol–water partition coefficient (Wildman–Crippen LogP) is 2.94. The number of nitrogens with one attached hydrogen (secondary N) is 2. The maximum Gasteiger partial charge on any atom is 0.408 e. The summed E-state index contributed by atoms with van der Waals surface area (Å²) in [5.74, 6) is 0.818. The molecule has 0 aliphatic carbocycles. The summed E-state index contributed by atoms with van der Waals surface area (Å²) in [5.41, 5.74) is -0.554. The highest BCUT2D eigenvalue weighted by molar-refractivity contribution is 8.01. The summed E-state index contributed by atoms with van der Waals surface area (Å²) < 4.78 is 5.15. The van der Waals surface area contributed by atoms with Crippen molar-refractivity contribution in [1.82, 2.24) is 10.6 Å². The van der Waals surface area contributed by atoms with Gasteiger partial charge in [0.15, 0.2) is 0 Å². The van der Waals surface area contributed by atoms with Crippen molar-refractivity contribution in [1.29, 1.82) is 0 Å². The van der Waals surface area contributed by atoms with Crippen molar-refractivity contribution in [3.05, 3.63) is 0 Å². The minimum absolute atomic E-state index is 0.0230. The van der Waals surface area contributed by atoms with E-state index in [1.807, 2.05) is 11.8 Å². The molecular formula is C16H30N2O3S. The molecular weight excluding hydrogens is 300 g/mol. The van der Waals surface area contributed by atoms with Crippen molar-refractivity contribution >= 4 is 23.8 Å². The van der Waals surface area contributed by atoms with Gasteiger partial charge < -0.3 is 15.4 Å². The minimum atomic E-state index is -0.632. The standard InChI is InChI=1S/C16H30N2O3S/c1-10(17-13(20)21-14(2,3)4)11(19)18-12-15(5,6)9-22-16(12,7)8/h10,12H,9H2,1-8H3,(H,17,20)(H,18,19)/t10-,12?/m1/s1. The Kier molecular flexibility index (Phi) is 5.48. The van der Waals surface area contributed by atoms with Crippen LogP contribution in [0.1, 0.15) is 55.4 Å². The molecule has 1 fully saturated rings. The van der Waals surface area contributed by atoms with Crippen LogP contribution in [0.2, 0.25) is 0 Å². The van der Waals surface area contributed by atoms with Crippen molar-refractivity contribution in [2.24, 2.45) is 5.41 Å². The molecule has 6 heteroatoms. The van der Waals surface area contributed by atoms with E-state index in [0.29, 0.717) is 0 Å². The summed E-state index contributed by atoms with van der Waals surface area (Å²) in [5, 5.41) is 5.68. The van der Waals surface area contributed by atoms with Gasteiger partial charge in [0.2, 0.25) is 5.91 Å². The lowest BCUT2D eigenvalue weighted by Crippen LogP contribution is -2.56. The van der Waals surface area contributed by atoms with Gasteiger partial charge in [-0.1, -0.05) is 13.8 Å². The van der Waals surface area contributed by atoms with Crippen molar-refractivity contribution < 1.29 is 14.3 Å². The number of rotatable bonds is 3. The lowest BCUT2D eigenvalue weighted by Gasteiger charge is -2.35. The molecule has 0 saturated carbocycles. The molecule has 0 radical (unpaired) electrons. The van der Waals surface area contributed by atoms with Gasteiger partial charge in [-0.15, -0.1) is 0 Å². The molecule has 1 aliphatic rings. The molecule has 2 N–H and O–H groups in total. The lowest BCUT2D eigenvalue weighted by molar-refractivity contribution is -0.124. The van der Waals surface area contributed by atoms with Crippen molar-refractivity contribution in [3.63, 3.8) is 0 Å². The van der Waals surface area contributed by atoms with E-state index < -0.39 is 17.7 Å². The Labute approximate surface area is 138 Å². The van der Waals surface area contributed by atoms with Crippen molar-refractivity contribution in [3.8, 4) is 0 Å². The molecule has 2 amide bonds. The lowest BCUT2D eigenvalue weighted by atomic mass is 9.80. The van der Waals surface area contributed by atoms with E-state index in [-0.39, 0.29) is 22.1 Å². The van der Waals surface area contributed by atoms with Crippen LogP contribution >= 0.6 is 11.8 Å². The van der Waals surface area contributed by atoms with Crippen LogP contribution in [0, 0.1) is 5.41 Å². The number of alkyl carbamates (subject to hydrolysis) is 1. The summed E-state index contributed by atoms with van der Waals surface area (Å²) in [6.45, 7) is 15.6. The number of carbonyl (C=O) groups excluding carboxylic acids is 2. The zero-order valence-corrected chi connectivity index (χ0v) is 15.8. The van der Waals surface area contributed by atoms with E-state index in [1.54, 1.807) is 27.7 Å². The highest BCUT2D eigenvalue weighted by Gasteiger charge is 2.48. The smallest absolute Gasteiger partial charge is 0.408 e. The summed E-state index contributed by atoms with van der Waals surface area (Å²) in [4.78, 5) is 24.1. The van der Waals surface area contributed by atoms with Crippen molar-refractivity contribution in [2.75, 3.05) is 5.75 Å². The summed E-state index contributed by atoms with van der Waals surface area (Å²) in [7, 11) is 0. The van der Waals surface area contributed by atoms with E-state index in [1.165, 1.54) is 0 Å². The third-order valence-corrected chi connectivity index (χ3v) is 5.57. The molecule has 5 nitrogen and oxygen atoms in total. The third-order valence-electron chi connectivity index (χ3n) is 3.71. The number of ether oxygens (including phenoxy) is 1. The number of amides is 2. The Morgan fingerprint density at radius 2 is 1.77 bits per heavy atom. The quantitative estimate of drug-likeness (QED) is 0.835. The molecule has 0 aromatic carbocycles. The normalized spacial score (nSPS) is 24.5. The van der Waals surface area contributed by atoms with Crippen molar-refractivity contribution in [2.45, 2.75) is 77.8 Å². The first kappa shape index (κ1) is 19.1. The van der Waals surface area contributed by atoms with E-state index >= 15 is 0 Å². The van der Waals surface area contributed by atoms with Gasteiger partial charge in [-0.2, -0.15) is 11.8 Å². The zero-order chi connectivity index (χ0) is 17.3. The van der Waals surface area contributed by atoms with Crippen LogP contribution in [0.5, 0.6) is 0 Å². The second-order valence-corrected chi connectivity index (χ2v) is 9.82. The van der Waals surface area contributed by atoms with Gasteiger partial charge in [-0.3, -0.25) is 4.79 Å². The summed E-state index contributed by atoms with van der Waals surface area (Å²) in [6, 6.07) is -0.576. The topological polar surface area (TPSA) is 67.4 Å². The number of carbonyl (C=O) groups is 2. The van der Waals surface area contributed by atoms with Crippen LogP contribution in [0.15, 0.2) is 0 Å². The highest BCUT2D eigenvalue weighted by Crippen LogP contribution is 2.47. The van der Waals surface area contributed by atoms with Crippen LogP contribution in [0.4, 0.5) is 4.79 Å². The first-order valence-electron chi connectivity index (χ1n) is 7.68. The largest absolute Gasteiger partial charge is 0.444 e. The van der Waals surface area contributed by atoms with Gasteiger partial charge in [0.25, 0.3) is 0 Å². The van der Waals surface area contributed by atoms with E-state index in [4.69, 9.17) is 4.74 Å². The summed E-state index contributed by atoms with van der Waals surface area (Å²) in [6.07, 6.45) is -0.575. The Hall–Kier alpha value is -0.910. The van der Waals surface area contributed by atoms with Gasteiger partial charge in [-0.05, 0) is 47.0 Å². The first-order valence-corrected chi connectivity index (χ1v) is 8.67. The molecule has 1 heterocycles. The van der Waals surface area contributed by atoms with Gasteiger partial charge >= 0.3 is 6.09 Å². The number of hydrogen-bond donors (Lipinski definition) is 2. The average Bonchev–Trinajstić information content (AvgIpc) is 2.49. The van der Waals surface area contributed by atoms with Gasteiger partial charge in [0.1, 0.15) is 11.6 Å². The maximum absolute atomic E-state index is 12.4. The second kappa shape index (κ2) is 6.30. The summed E-state index contributed by atoms with van der Waals surface area (Å²) >= 11 is 1.86. The molecule has 128 valence electrons. The zero-order valence-electron chi connectivity index (χ0n) is 15.0. The Balaban J connectivity index is 2.63. The fourth-order valence-corrected chi connectivity index (χ4v) is 4.12. The molecule has 1 rings (SSSR count). The highest BCUT2D eigenvalue weighted by atomic mass is 32.2. The van der Waals surface area contributed by atoms with Crippen LogP contribution in [0.25, 0.3) is 0 Å². The SMILES string of the molecule is C[C@@H](NC(=O)OC(C)(C)C)C(=O)NC1C(C)(C)CSC1(C)C. The fourth-order valence-electron chi connectivity index (χ4n) is 2.67. The molecule has 0 aromatic rings. The van der Waals surface area contributed by atoms with E-state index in [9.17, 15) is 9.59 Å². The van der Waals surface area contributed by atoms with Gasteiger partial charge in [-0.25, -0.2) is 4.79 Å².